The summed E-state index contributed by atoms with van der Waals surface area (Å²) < 4.78 is 5.81. The summed E-state index contributed by atoms with van der Waals surface area (Å²) in [5.41, 5.74) is 3.44. The van der Waals surface area contributed by atoms with E-state index in [2.05, 4.69) is 15.3 Å². The number of hydrogen-bond donors (Lipinski definition) is 1. The van der Waals surface area contributed by atoms with Crippen molar-refractivity contribution in [3.63, 3.8) is 0 Å². The molecule has 0 unspecified atom stereocenters. The van der Waals surface area contributed by atoms with Gasteiger partial charge >= 0.3 is 0 Å². The third kappa shape index (κ3) is 5.06. The maximum atomic E-state index is 12.3. The van der Waals surface area contributed by atoms with Gasteiger partial charge in [-0.05, 0) is 41.5 Å². The molecule has 4 rings (SSSR count). The average Bonchev–Trinajstić information content (AvgIpc) is 3.28. The van der Waals surface area contributed by atoms with E-state index in [1.165, 1.54) is 11.3 Å². The van der Waals surface area contributed by atoms with Crippen LogP contribution in [0.4, 0.5) is 0 Å². The van der Waals surface area contributed by atoms with E-state index >= 15 is 0 Å². The highest BCUT2D eigenvalue weighted by Crippen LogP contribution is 2.26. The van der Waals surface area contributed by atoms with Crippen molar-refractivity contribution in [2.24, 2.45) is 0 Å². The SMILES string of the molecule is O=C(NCc1cccnc1)c1csc(-c2ccc(OCc3ccccc3)cc2)n1. The predicted molar refractivity (Wildman–Crippen MR) is 114 cm³/mol. The summed E-state index contributed by atoms with van der Waals surface area (Å²) in [6.45, 7) is 0.950. The van der Waals surface area contributed by atoms with E-state index in [-0.39, 0.29) is 5.91 Å². The van der Waals surface area contributed by atoms with Crippen molar-refractivity contribution in [3.8, 4) is 16.3 Å². The lowest BCUT2D eigenvalue weighted by Gasteiger charge is -2.06. The molecule has 0 saturated carbocycles. The van der Waals surface area contributed by atoms with E-state index in [1.54, 1.807) is 17.8 Å². The molecule has 4 aromatic rings. The Morgan fingerprint density at radius 2 is 1.76 bits per heavy atom. The van der Waals surface area contributed by atoms with Crippen LogP contribution in [0, 0.1) is 0 Å². The Morgan fingerprint density at radius 3 is 2.52 bits per heavy atom. The first-order valence-electron chi connectivity index (χ1n) is 9.18. The molecule has 2 aromatic heterocycles. The molecule has 5 nitrogen and oxygen atoms in total. The fourth-order valence-corrected chi connectivity index (χ4v) is 3.53. The minimum Gasteiger partial charge on any atom is -0.489 e. The number of benzene rings is 2. The molecular formula is C23H19N3O2S. The van der Waals surface area contributed by atoms with Crippen LogP contribution in [0.15, 0.2) is 84.5 Å². The lowest BCUT2D eigenvalue weighted by Crippen LogP contribution is -2.23. The number of thiazole rings is 1. The zero-order valence-electron chi connectivity index (χ0n) is 15.6. The molecule has 0 atom stereocenters. The Hall–Kier alpha value is -3.51. The van der Waals surface area contributed by atoms with Gasteiger partial charge in [0, 0.05) is 29.9 Å². The normalized spacial score (nSPS) is 10.5. The number of pyridine rings is 1. The third-order valence-corrected chi connectivity index (χ3v) is 5.15. The first-order valence-corrected chi connectivity index (χ1v) is 10.1. The minimum absolute atomic E-state index is 0.195. The molecule has 0 radical (unpaired) electrons. The van der Waals surface area contributed by atoms with Gasteiger partial charge in [-0.25, -0.2) is 4.98 Å². The van der Waals surface area contributed by atoms with E-state index in [1.807, 2.05) is 66.7 Å². The monoisotopic (exact) mass is 401 g/mol. The van der Waals surface area contributed by atoms with Gasteiger partial charge < -0.3 is 10.1 Å². The molecular weight excluding hydrogens is 382 g/mol. The Bertz CT molecular complexity index is 1060. The van der Waals surface area contributed by atoms with Gasteiger partial charge in [-0.1, -0.05) is 36.4 Å². The standard InChI is InChI=1S/C23H19N3O2S/c27-22(25-14-18-7-4-12-24-13-18)21-16-29-23(26-21)19-8-10-20(11-9-19)28-15-17-5-2-1-3-6-17/h1-13,16H,14-15H2,(H,25,27). The lowest BCUT2D eigenvalue weighted by molar-refractivity contribution is 0.0946. The number of carbonyl (C=O) groups is 1. The largest absolute Gasteiger partial charge is 0.489 e. The average molecular weight is 401 g/mol. The Morgan fingerprint density at radius 1 is 0.966 bits per heavy atom. The van der Waals surface area contributed by atoms with Crippen LogP contribution in [-0.4, -0.2) is 15.9 Å². The van der Waals surface area contributed by atoms with Crippen LogP contribution in [0.25, 0.3) is 10.6 Å². The zero-order chi connectivity index (χ0) is 19.9. The van der Waals surface area contributed by atoms with Crippen LogP contribution < -0.4 is 10.1 Å². The quantitative estimate of drug-likeness (QED) is 0.487. The fraction of sp³-hybridized carbons (Fsp3) is 0.0870. The molecule has 29 heavy (non-hydrogen) atoms. The molecule has 0 saturated heterocycles. The van der Waals surface area contributed by atoms with Gasteiger partial charge in [-0.2, -0.15) is 0 Å². The van der Waals surface area contributed by atoms with Gasteiger partial charge in [0.25, 0.3) is 5.91 Å². The summed E-state index contributed by atoms with van der Waals surface area (Å²) in [7, 11) is 0. The Kier molecular flexibility index (Phi) is 5.92. The van der Waals surface area contributed by atoms with Crippen molar-refractivity contribution in [2.45, 2.75) is 13.2 Å². The molecule has 1 N–H and O–H groups in total. The highest BCUT2D eigenvalue weighted by Gasteiger charge is 2.12. The van der Waals surface area contributed by atoms with Gasteiger partial charge in [0.15, 0.2) is 0 Å². The number of amides is 1. The first-order chi connectivity index (χ1) is 14.3. The van der Waals surface area contributed by atoms with E-state index in [0.29, 0.717) is 18.8 Å². The molecule has 0 aliphatic rings. The van der Waals surface area contributed by atoms with Crippen LogP contribution in [0.5, 0.6) is 5.75 Å². The van der Waals surface area contributed by atoms with Gasteiger partial charge in [0.2, 0.25) is 0 Å². The number of nitrogens with one attached hydrogen (secondary N) is 1. The summed E-state index contributed by atoms with van der Waals surface area (Å²) in [5, 5.41) is 5.44. The number of nitrogens with zero attached hydrogens (tertiary/aromatic N) is 2. The number of rotatable bonds is 7. The molecule has 2 heterocycles. The van der Waals surface area contributed by atoms with Crippen molar-refractivity contribution in [1.82, 2.24) is 15.3 Å². The lowest BCUT2D eigenvalue weighted by atomic mass is 10.2. The number of ether oxygens (including phenoxy) is 1. The highest BCUT2D eigenvalue weighted by molar-refractivity contribution is 7.13. The molecule has 0 aliphatic carbocycles. The van der Waals surface area contributed by atoms with Crippen molar-refractivity contribution in [3.05, 3.63) is 101 Å². The number of aromatic nitrogens is 2. The van der Waals surface area contributed by atoms with Gasteiger partial charge in [0.1, 0.15) is 23.1 Å². The molecule has 0 fully saturated rings. The second-order valence-corrected chi connectivity index (χ2v) is 7.24. The van der Waals surface area contributed by atoms with Gasteiger partial charge in [-0.15, -0.1) is 11.3 Å². The molecule has 0 aliphatic heterocycles. The predicted octanol–water partition coefficient (Wildman–Crippen LogP) is 4.71. The van der Waals surface area contributed by atoms with Crippen molar-refractivity contribution in [2.75, 3.05) is 0 Å². The zero-order valence-corrected chi connectivity index (χ0v) is 16.4. The second-order valence-electron chi connectivity index (χ2n) is 6.38. The van der Waals surface area contributed by atoms with Crippen molar-refractivity contribution < 1.29 is 9.53 Å². The van der Waals surface area contributed by atoms with Crippen molar-refractivity contribution >= 4 is 17.2 Å². The van der Waals surface area contributed by atoms with Crippen LogP contribution >= 0.6 is 11.3 Å². The van der Waals surface area contributed by atoms with E-state index in [0.717, 1.165) is 27.4 Å². The highest BCUT2D eigenvalue weighted by atomic mass is 32.1. The van der Waals surface area contributed by atoms with E-state index < -0.39 is 0 Å². The summed E-state index contributed by atoms with van der Waals surface area (Å²) in [6.07, 6.45) is 3.43. The van der Waals surface area contributed by atoms with Crippen LogP contribution in [-0.2, 0) is 13.2 Å². The molecule has 6 heteroatoms. The number of hydrogen-bond acceptors (Lipinski definition) is 5. The van der Waals surface area contributed by atoms with E-state index in [9.17, 15) is 4.79 Å². The number of carbonyl (C=O) groups excluding carboxylic acids is 1. The maximum absolute atomic E-state index is 12.3. The third-order valence-electron chi connectivity index (χ3n) is 4.26. The van der Waals surface area contributed by atoms with Crippen molar-refractivity contribution in [1.29, 1.82) is 0 Å². The summed E-state index contributed by atoms with van der Waals surface area (Å²) >= 11 is 1.44. The topological polar surface area (TPSA) is 64.1 Å². The van der Waals surface area contributed by atoms with Gasteiger partial charge in [0.05, 0.1) is 0 Å². The summed E-state index contributed by atoms with van der Waals surface area (Å²) in [6, 6.07) is 21.5. The first kappa shape index (κ1) is 18.8. The molecule has 1 amide bonds. The van der Waals surface area contributed by atoms with Gasteiger partial charge in [-0.3, -0.25) is 9.78 Å². The van der Waals surface area contributed by atoms with Crippen LogP contribution in [0.1, 0.15) is 21.6 Å². The van der Waals surface area contributed by atoms with Crippen LogP contribution in [0.3, 0.4) is 0 Å². The Labute approximate surface area is 173 Å². The maximum Gasteiger partial charge on any atom is 0.271 e. The Balaban J connectivity index is 1.35. The second kappa shape index (κ2) is 9.12. The molecule has 144 valence electrons. The molecule has 0 bridgehead atoms. The van der Waals surface area contributed by atoms with E-state index in [4.69, 9.17) is 4.74 Å². The summed E-state index contributed by atoms with van der Waals surface area (Å²) in [4.78, 5) is 20.8. The fourth-order valence-electron chi connectivity index (χ4n) is 2.72. The molecule has 0 spiro atoms. The summed E-state index contributed by atoms with van der Waals surface area (Å²) in [5.74, 6) is 0.600. The van der Waals surface area contributed by atoms with Crippen LogP contribution in [0.2, 0.25) is 0 Å². The molecule has 2 aromatic carbocycles. The minimum atomic E-state index is -0.195. The smallest absolute Gasteiger partial charge is 0.271 e.